The summed E-state index contributed by atoms with van der Waals surface area (Å²) in [6.45, 7) is 0. The van der Waals surface area contributed by atoms with E-state index in [4.69, 9.17) is 0 Å². The van der Waals surface area contributed by atoms with Crippen molar-refractivity contribution in [3.8, 4) is 0 Å². The fraction of sp³-hybridized carbons (Fsp3) is 0.105. The van der Waals surface area contributed by atoms with Gasteiger partial charge in [-0.15, -0.1) is 18.5 Å². The smallest absolute Gasteiger partial charge is 0 e. The zero-order valence-corrected chi connectivity index (χ0v) is 26.0. The second-order valence-corrected chi connectivity index (χ2v) is 14.3. The summed E-state index contributed by atoms with van der Waals surface area (Å²) < 4.78 is 0. The molecule has 0 aromatic heterocycles. The zero-order valence-electron chi connectivity index (χ0n) is 23.2. The van der Waals surface area contributed by atoms with Crippen LogP contribution in [-0.4, -0.2) is 0 Å². The minimum Gasteiger partial charge on any atom is -0.748 e. The molecule has 6 rings (SSSR count). The molecule has 3 heteroatoms. The van der Waals surface area contributed by atoms with Crippen LogP contribution in [-0.2, 0) is 41.1 Å². The maximum Gasteiger partial charge on any atom is 0 e. The number of benzene rings is 4. The van der Waals surface area contributed by atoms with Gasteiger partial charge in [0, 0.05) is 16.5 Å². The molecule has 0 bridgehead atoms. The Hall–Kier alpha value is -3.07. The van der Waals surface area contributed by atoms with Crippen molar-refractivity contribution in [2.45, 2.75) is 24.6 Å². The molecule has 0 nitrogen and oxygen atoms in total. The van der Waals surface area contributed by atoms with Crippen LogP contribution in [0.1, 0.15) is 22.3 Å². The van der Waals surface area contributed by atoms with Crippen molar-refractivity contribution in [2.75, 3.05) is 0 Å². The van der Waals surface area contributed by atoms with Gasteiger partial charge in [-0.25, -0.2) is 12.1 Å². The van der Waals surface area contributed by atoms with Crippen LogP contribution in [0.4, 0.5) is 0 Å². The van der Waals surface area contributed by atoms with E-state index in [0.717, 1.165) is 24.6 Å². The van der Waals surface area contributed by atoms with Crippen molar-refractivity contribution in [1.82, 2.24) is 0 Å². The van der Waals surface area contributed by atoms with E-state index in [1.165, 1.54) is 22.3 Å². The van der Waals surface area contributed by atoms with E-state index >= 15 is 0 Å². The summed E-state index contributed by atoms with van der Waals surface area (Å²) in [7, 11) is -0.715. The molecular formula is C38H36NiP2-6. The van der Waals surface area contributed by atoms with Gasteiger partial charge < -0.3 is 30.3 Å². The van der Waals surface area contributed by atoms with Crippen molar-refractivity contribution >= 4 is 26.5 Å². The largest absolute Gasteiger partial charge is 0.748 e. The van der Waals surface area contributed by atoms with Gasteiger partial charge in [0.1, 0.15) is 0 Å². The topological polar surface area (TPSA) is 0 Å². The van der Waals surface area contributed by atoms with Crippen LogP contribution in [0.15, 0.2) is 170 Å². The molecule has 0 aliphatic rings. The van der Waals surface area contributed by atoms with E-state index in [0.29, 0.717) is 0 Å². The Morgan fingerprint density at radius 3 is 1.12 bits per heavy atom. The van der Waals surface area contributed by atoms with E-state index < -0.39 is 0 Å². The molecule has 214 valence electrons. The second-order valence-electron chi connectivity index (χ2n) is 9.91. The number of rotatable bonds is 10. The predicted octanol–water partition coefficient (Wildman–Crippen LogP) is 9.82. The van der Waals surface area contributed by atoms with Crippen molar-refractivity contribution < 1.29 is 16.5 Å². The molecule has 0 heterocycles. The standard InChI is InChI=1S/C33H31P2.C5H5.Ni/c1-5-14-28(15-6-1)24-34(25-29-16-7-2-8-17-29)32-22-13-23-33(32)35(26-30-18-9-3-10-19-30)27-31-20-11-4-12-21-31;1-2-4-5-3-1;/h1-23H,24-27H2;1-5H;/q-1;-5;. The summed E-state index contributed by atoms with van der Waals surface area (Å²) in [4.78, 5) is 0. The third-order valence-electron chi connectivity index (χ3n) is 6.87. The molecule has 0 amide bonds. The van der Waals surface area contributed by atoms with Crippen LogP contribution in [0.2, 0.25) is 0 Å². The molecule has 0 fully saturated rings. The van der Waals surface area contributed by atoms with Gasteiger partial charge >= 0.3 is 0 Å². The summed E-state index contributed by atoms with van der Waals surface area (Å²) in [6, 6.07) is 61.4. The number of hydrogen-bond acceptors (Lipinski definition) is 0. The quantitative estimate of drug-likeness (QED) is 0.0820. The van der Waals surface area contributed by atoms with Crippen LogP contribution in [0.5, 0.6) is 0 Å². The molecule has 0 aliphatic carbocycles. The van der Waals surface area contributed by atoms with Crippen LogP contribution in [0.25, 0.3) is 0 Å². The Labute approximate surface area is 258 Å². The van der Waals surface area contributed by atoms with Crippen LogP contribution >= 0.6 is 15.8 Å². The molecule has 0 aliphatic heterocycles. The van der Waals surface area contributed by atoms with Crippen molar-refractivity contribution in [1.29, 1.82) is 0 Å². The Bertz CT molecular complexity index is 1280. The Morgan fingerprint density at radius 1 is 0.415 bits per heavy atom. The molecule has 0 N–H and O–H groups in total. The first-order chi connectivity index (χ1) is 19.8. The van der Waals surface area contributed by atoms with Gasteiger partial charge in [0.2, 0.25) is 0 Å². The molecule has 0 saturated heterocycles. The maximum absolute atomic E-state index is 2.43. The zero-order chi connectivity index (χ0) is 27.2. The molecule has 6 aromatic rings. The molecule has 0 spiro atoms. The van der Waals surface area contributed by atoms with Crippen molar-refractivity contribution in [2.24, 2.45) is 0 Å². The van der Waals surface area contributed by atoms with Crippen LogP contribution in [0.3, 0.4) is 0 Å². The average molecular weight is 613 g/mol. The minimum absolute atomic E-state index is 0. The fourth-order valence-corrected chi connectivity index (χ4v) is 10.7. The van der Waals surface area contributed by atoms with E-state index in [9.17, 15) is 0 Å². The van der Waals surface area contributed by atoms with Gasteiger partial charge in [-0.3, -0.25) is 0 Å². The summed E-state index contributed by atoms with van der Waals surface area (Å²) in [5.41, 5.74) is 5.77. The fourth-order valence-electron chi connectivity index (χ4n) is 4.92. The average Bonchev–Trinajstić information content (AvgIpc) is 3.75. The third kappa shape index (κ3) is 9.77. The molecule has 6 aromatic carbocycles. The minimum atomic E-state index is -0.358. The SMILES string of the molecule is [Ni].[cH-]1[cH-][cH-][cH-][cH-]1.c1ccc(CP(Cc2ccccc2)c2ccc[c-]2P(Cc2ccccc2)Cc2ccccc2)cc1. The third-order valence-corrected chi connectivity index (χ3v) is 12.2. The van der Waals surface area contributed by atoms with Gasteiger partial charge in [-0.2, -0.15) is 6.07 Å². The second kappa shape index (κ2) is 17.0. The first-order valence-electron chi connectivity index (χ1n) is 13.9. The van der Waals surface area contributed by atoms with Gasteiger partial charge in [0.25, 0.3) is 0 Å². The first-order valence-corrected chi connectivity index (χ1v) is 17.4. The molecule has 0 saturated carbocycles. The summed E-state index contributed by atoms with van der Waals surface area (Å²) in [5.74, 6) is 0. The van der Waals surface area contributed by atoms with E-state index in [-0.39, 0.29) is 32.3 Å². The molecule has 41 heavy (non-hydrogen) atoms. The normalized spacial score (nSPS) is 10.6. The summed E-state index contributed by atoms with van der Waals surface area (Å²) in [6.07, 6.45) is 4.51. The van der Waals surface area contributed by atoms with Crippen LogP contribution in [0, 0.1) is 0 Å². The monoisotopic (exact) mass is 612 g/mol. The molecule has 0 unspecified atom stereocenters. The molecular weight excluding hydrogens is 577 g/mol. The summed E-state index contributed by atoms with van der Waals surface area (Å²) >= 11 is 0. The Morgan fingerprint density at radius 2 is 0.756 bits per heavy atom. The van der Waals surface area contributed by atoms with Crippen molar-refractivity contribution in [3.63, 3.8) is 0 Å². The van der Waals surface area contributed by atoms with Gasteiger partial charge in [-0.1, -0.05) is 129 Å². The summed E-state index contributed by atoms with van der Waals surface area (Å²) in [5, 5.41) is 3.20. The van der Waals surface area contributed by atoms with Crippen LogP contribution < -0.4 is 10.6 Å². The predicted molar refractivity (Wildman–Crippen MR) is 178 cm³/mol. The Kier molecular flexibility index (Phi) is 12.8. The van der Waals surface area contributed by atoms with Gasteiger partial charge in [-0.05, 0) is 46.9 Å². The first kappa shape index (κ1) is 30.9. The Balaban J connectivity index is 0.000000584. The van der Waals surface area contributed by atoms with Gasteiger partial charge in [0.05, 0.1) is 0 Å². The van der Waals surface area contributed by atoms with E-state index in [2.05, 4.69) is 140 Å². The maximum atomic E-state index is 2.43. The van der Waals surface area contributed by atoms with Gasteiger partial charge in [0.15, 0.2) is 0 Å². The molecule has 0 radical (unpaired) electrons. The molecule has 0 atom stereocenters. The van der Waals surface area contributed by atoms with Crippen molar-refractivity contribution in [3.05, 3.63) is 192 Å². The number of hydrogen-bond donors (Lipinski definition) is 0. The van der Waals surface area contributed by atoms with E-state index in [1.54, 1.807) is 10.6 Å². The van der Waals surface area contributed by atoms with E-state index in [1.807, 2.05) is 30.3 Å².